The van der Waals surface area contributed by atoms with E-state index >= 15 is 0 Å². The molecule has 7 nitrogen and oxygen atoms in total. The molecule has 29 heavy (non-hydrogen) atoms. The van der Waals surface area contributed by atoms with E-state index in [2.05, 4.69) is 15.8 Å². The lowest BCUT2D eigenvalue weighted by Crippen LogP contribution is -2.57. The minimum atomic E-state index is -1.04. The predicted molar refractivity (Wildman–Crippen MR) is 106 cm³/mol. The van der Waals surface area contributed by atoms with Gasteiger partial charge in [0.25, 0.3) is 5.91 Å². The van der Waals surface area contributed by atoms with Crippen molar-refractivity contribution < 1.29 is 18.5 Å². The molecule has 2 N–H and O–H groups in total. The van der Waals surface area contributed by atoms with Crippen LogP contribution in [0.15, 0.2) is 34.9 Å². The van der Waals surface area contributed by atoms with Crippen molar-refractivity contribution in [1.82, 2.24) is 20.7 Å². The van der Waals surface area contributed by atoms with Crippen LogP contribution in [-0.2, 0) is 17.8 Å². The van der Waals surface area contributed by atoms with Crippen molar-refractivity contribution in [2.45, 2.75) is 38.3 Å². The molecule has 1 aromatic carbocycles. The molecule has 2 saturated heterocycles. The van der Waals surface area contributed by atoms with E-state index in [1.807, 2.05) is 0 Å². The molecule has 0 aliphatic carbocycles. The Morgan fingerprint density at radius 1 is 1.24 bits per heavy atom. The number of piperidine rings is 1. The number of hydrogen-bond donors (Lipinski definition) is 2. The Morgan fingerprint density at radius 2 is 1.93 bits per heavy atom. The molecule has 0 bridgehead atoms. The summed E-state index contributed by atoms with van der Waals surface area (Å²) < 4.78 is 18.5. The van der Waals surface area contributed by atoms with Crippen molar-refractivity contribution in [1.29, 1.82) is 0 Å². The molecule has 1 unspecified atom stereocenters. The fourth-order valence-corrected chi connectivity index (χ4v) is 4.21. The molecular weight excluding hydrogens is 399 g/mol. The first-order chi connectivity index (χ1) is 13.5. The standard InChI is InChI=1S/C20H23FN4O3.ClH/c1-13-10-17(28-24-13)12-25-18(26)20(23-19(25)27,15-6-8-22-9-7-15)11-14-2-4-16(21)5-3-14;/h2-5,10,15,22H,6-9,11-12H2,1H3,(H,23,27);1H. The van der Waals surface area contributed by atoms with Crippen molar-refractivity contribution >= 4 is 24.3 Å². The first-order valence-corrected chi connectivity index (χ1v) is 9.49. The first-order valence-electron chi connectivity index (χ1n) is 9.49. The summed E-state index contributed by atoms with van der Waals surface area (Å²) in [7, 11) is 0. The molecular formula is C20H24ClFN4O3. The molecule has 0 saturated carbocycles. The summed E-state index contributed by atoms with van der Waals surface area (Å²) >= 11 is 0. The Balaban J connectivity index is 0.00000240. The fraction of sp³-hybridized carbons (Fsp3) is 0.450. The number of imide groups is 1. The molecule has 2 aliphatic heterocycles. The Morgan fingerprint density at radius 3 is 2.55 bits per heavy atom. The van der Waals surface area contributed by atoms with Gasteiger partial charge >= 0.3 is 6.03 Å². The highest BCUT2D eigenvalue weighted by atomic mass is 35.5. The van der Waals surface area contributed by atoms with Crippen LogP contribution in [0.3, 0.4) is 0 Å². The van der Waals surface area contributed by atoms with E-state index in [1.165, 1.54) is 17.0 Å². The van der Waals surface area contributed by atoms with Gasteiger partial charge in [0.15, 0.2) is 5.76 Å². The minimum absolute atomic E-state index is 0. The summed E-state index contributed by atoms with van der Waals surface area (Å²) in [5, 5.41) is 10.1. The quantitative estimate of drug-likeness (QED) is 0.723. The number of carbonyl (C=O) groups excluding carboxylic acids is 2. The number of halogens is 2. The fourth-order valence-electron chi connectivity index (χ4n) is 4.21. The highest BCUT2D eigenvalue weighted by Crippen LogP contribution is 2.35. The molecule has 2 aliphatic rings. The van der Waals surface area contributed by atoms with Gasteiger partial charge in [0.2, 0.25) is 0 Å². The van der Waals surface area contributed by atoms with Crippen LogP contribution in [0, 0.1) is 18.7 Å². The van der Waals surface area contributed by atoms with Crippen molar-refractivity contribution in [3.05, 3.63) is 53.2 Å². The van der Waals surface area contributed by atoms with E-state index in [0.29, 0.717) is 17.9 Å². The zero-order valence-corrected chi connectivity index (χ0v) is 16.9. The van der Waals surface area contributed by atoms with Crippen molar-refractivity contribution in [2.75, 3.05) is 13.1 Å². The average molecular weight is 423 g/mol. The van der Waals surface area contributed by atoms with Gasteiger partial charge in [-0.2, -0.15) is 0 Å². The van der Waals surface area contributed by atoms with Crippen LogP contribution in [0.5, 0.6) is 0 Å². The topological polar surface area (TPSA) is 87.5 Å². The van der Waals surface area contributed by atoms with Gasteiger partial charge in [0.05, 0.1) is 12.2 Å². The monoisotopic (exact) mass is 422 g/mol. The lowest BCUT2D eigenvalue weighted by atomic mass is 9.74. The molecule has 156 valence electrons. The zero-order chi connectivity index (χ0) is 19.7. The number of aromatic nitrogens is 1. The maximum absolute atomic E-state index is 13.5. The van der Waals surface area contributed by atoms with Crippen LogP contribution < -0.4 is 10.6 Å². The SMILES string of the molecule is Cc1cc(CN2C(=O)NC(Cc3ccc(F)cc3)(C3CCNCC3)C2=O)on1.Cl. The van der Waals surface area contributed by atoms with Gasteiger partial charge in [-0.15, -0.1) is 12.4 Å². The van der Waals surface area contributed by atoms with Crippen molar-refractivity contribution in [3.8, 4) is 0 Å². The molecule has 2 aromatic rings. The number of benzene rings is 1. The van der Waals surface area contributed by atoms with E-state index in [1.54, 1.807) is 25.1 Å². The van der Waals surface area contributed by atoms with E-state index in [0.717, 1.165) is 31.5 Å². The number of rotatable bonds is 5. The summed E-state index contributed by atoms with van der Waals surface area (Å²) in [6.45, 7) is 3.41. The Kier molecular flexibility index (Phi) is 6.24. The van der Waals surface area contributed by atoms with Gasteiger partial charge in [-0.25, -0.2) is 9.18 Å². The van der Waals surface area contributed by atoms with Crippen LogP contribution in [0.25, 0.3) is 0 Å². The predicted octanol–water partition coefficient (Wildman–Crippen LogP) is 2.58. The average Bonchev–Trinajstić information content (AvgIpc) is 3.21. The maximum atomic E-state index is 13.5. The number of aryl methyl sites for hydroxylation is 1. The molecule has 9 heteroatoms. The van der Waals surface area contributed by atoms with Gasteiger partial charge in [0.1, 0.15) is 11.4 Å². The van der Waals surface area contributed by atoms with Crippen LogP contribution in [0.2, 0.25) is 0 Å². The molecule has 1 aromatic heterocycles. The molecule has 0 spiro atoms. The molecule has 3 amide bonds. The number of urea groups is 1. The zero-order valence-electron chi connectivity index (χ0n) is 16.1. The Hall–Kier alpha value is -2.45. The summed E-state index contributed by atoms with van der Waals surface area (Å²) in [6, 6.07) is 7.37. The summed E-state index contributed by atoms with van der Waals surface area (Å²) in [4.78, 5) is 27.5. The number of nitrogens with one attached hydrogen (secondary N) is 2. The van der Waals surface area contributed by atoms with Crippen LogP contribution in [0.1, 0.15) is 29.9 Å². The molecule has 4 rings (SSSR count). The number of amides is 3. The van der Waals surface area contributed by atoms with Crippen LogP contribution in [-0.4, -0.2) is 40.6 Å². The summed E-state index contributed by atoms with van der Waals surface area (Å²) in [5.41, 5.74) is 0.468. The van der Waals surface area contributed by atoms with Crippen molar-refractivity contribution in [3.63, 3.8) is 0 Å². The number of nitrogens with zero attached hydrogens (tertiary/aromatic N) is 2. The van der Waals surface area contributed by atoms with Gasteiger partial charge in [-0.1, -0.05) is 17.3 Å². The smallest absolute Gasteiger partial charge is 0.325 e. The molecule has 2 fully saturated rings. The Labute approximate surface area is 174 Å². The lowest BCUT2D eigenvalue weighted by molar-refractivity contribution is -0.134. The van der Waals surface area contributed by atoms with E-state index in [4.69, 9.17) is 4.52 Å². The second-order valence-corrected chi connectivity index (χ2v) is 7.55. The highest BCUT2D eigenvalue weighted by molar-refractivity contribution is 6.07. The molecule has 1 atom stereocenters. The van der Waals surface area contributed by atoms with Gasteiger partial charge < -0.3 is 15.2 Å². The second-order valence-electron chi connectivity index (χ2n) is 7.55. The van der Waals surface area contributed by atoms with Gasteiger partial charge in [0, 0.05) is 12.5 Å². The van der Waals surface area contributed by atoms with E-state index in [9.17, 15) is 14.0 Å². The largest absolute Gasteiger partial charge is 0.359 e. The van der Waals surface area contributed by atoms with E-state index in [-0.39, 0.29) is 36.6 Å². The molecule has 3 heterocycles. The second kappa shape index (κ2) is 8.51. The number of carbonyl (C=O) groups is 2. The van der Waals surface area contributed by atoms with Crippen LogP contribution >= 0.6 is 12.4 Å². The summed E-state index contributed by atoms with van der Waals surface area (Å²) in [6.07, 6.45) is 1.89. The van der Waals surface area contributed by atoms with Gasteiger partial charge in [-0.3, -0.25) is 9.69 Å². The maximum Gasteiger partial charge on any atom is 0.325 e. The van der Waals surface area contributed by atoms with Gasteiger partial charge in [-0.05, 0) is 56.5 Å². The summed E-state index contributed by atoms with van der Waals surface area (Å²) in [5.74, 6) is -0.132. The molecule has 0 radical (unpaired) electrons. The third-order valence-corrected chi connectivity index (χ3v) is 5.62. The number of hydrogen-bond acceptors (Lipinski definition) is 5. The normalized spacial score (nSPS) is 22.5. The Bertz CT molecular complexity index is 882. The third-order valence-electron chi connectivity index (χ3n) is 5.62. The highest BCUT2D eigenvalue weighted by Gasteiger charge is 2.55. The van der Waals surface area contributed by atoms with E-state index < -0.39 is 11.6 Å². The third kappa shape index (κ3) is 4.13. The van der Waals surface area contributed by atoms with Crippen LogP contribution in [0.4, 0.5) is 9.18 Å². The van der Waals surface area contributed by atoms with Crippen molar-refractivity contribution in [2.24, 2.45) is 5.92 Å². The minimum Gasteiger partial charge on any atom is -0.359 e. The first kappa shape index (κ1) is 21.3. The lowest BCUT2D eigenvalue weighted by Gasteiger charge is -2.38.